The van der Waals surface area contributed by atoms with Crippen molar-refractivity contribution in [2.24, 2.45) is 0 Å². The molecule has 0 radical (unpaired) electrons. The highest BCUT2D eigenvalue weighted by molar-refractivity contribution is 9.10. The van der Waals surface area contributed by atoms with Crippen molar-refractivity contribution < 1.29 is 13.9 Å². The Labute approximate surface area is 130 Å². The molecule has 2 aromatic rings. The third-order valence-electron chi connectivity index (χ3n) is 2.68. The molecule has 4 nitrogen and oxygen atoms in total. The molecule has 110 valence electrons. The van der Waals surface area contributed by atoms with Gasteiger partial charge in [-0.15, -0.1) is 0 Å². The zero-order valence-electron chi connectivity index (χ0n) is 11.3. The van der Waals surface area contributed by atoms with Gasteiger partial charge in [-0.2, -0.15) is 0 Å². The Balaban J connectivity index is 2.23. The number of amides is 1. The highest BCUT2D eigenvalue weighted by Crippen LogP contribution is 2.25. The molecule has 0 saturated heterocycles. The average molecular weight is 353 g/mol. The molecule has 0 heterocycles. The number of nitrogens with one attached hydrogen (secondary N) is 1. The first-order valence-corrected chi connectivity index (χ1v) is 7.08. The monoisotopic (exact) mass is 352 g/mol. The maximum absolute atomic E-state index is 13.0. The first kappa shape index (κ1) is 15.3. The van der Waals surface area contributed by atoms with E-state index in [1.807, 2.05) is 6.92 Å². The molecule has 0 aliphatic rings. The van der Waals surface area contributed by atoms with E-state index in [1.54, 1.807) is 18.2 Å². The van der Waals surface area contributed by atoms with Gasteiger partial charge in [0, 0.05) is 21.8 Å². The van der Waals surface area contributed by atoms with Crippen LogP contribution in [-0.4, -0.2) is 12.5 Å². The van der Waals surface area contributed by atoms with E-state index < -0.39 is 0 Å². The summed E-state index contributed by atoms with van der Waals surface area (Å²) in [5.74, 6) is -0.209. The van der Waals surface area contributed by atoms with E-state index in [2.05, 4.69) is 21.2 Å². The number of carbonyl (C=O) groups excluding carboxylic acids is 1. The Bertz CT molecular complexity index is 677. The molecule has 21 heavy (non-hydrogen) atoms. The van der Waals surface area contributed by atoms with Gasteiger partial charge in [0.25, 0.3) is 5.91 Å². The zero-order chi connectivity index (χ0) is 15.4. The van der Waals surface area contributed by atoms with Crippen LogP contribution in [0.5, 0.6) is 5.75 Å². The molecule has 6 heteroatoms. The Kier molecular flexibility index (Phi) is 4.80. The fourth-order valence-electron chi connectivity index (χ4n) is 1.79. The van der Waals surface area contributed by atoms with E-state index in [1.165, 1.54) is 18.2 Å². The van der Waals surface area contributed by atoms with Crippen molar-refractivity contribution >= 4 is 33.2 Å². The Hall–Kier alpha value is -2.08. The van der Waals surface area contributed by atoms with Crippen LogP contribution in [-0.2, 0) is 0 Å². The number of rotatable bonds is 4. The Morgan fingerprint density at radius 1 is 1.33 bits per heavy atom. The van der Waals surface area contributed by atoms with Crippen LogP contribution >= 0.6 is 15.9 Å². The standard InChI is InChI=1S/C15H14BrFN2O2/c1-2-21-12-6-9(5-11(18)8-12)15(20)19-14-4-3-10(17)7-13(14)16/h3-8H,2,18H2,1H3,(H,19,20). The van der Waals surface area contributed by atoms with Crippen LogP contribution in [0.3, 0.4) is 0 Å². The lowest BCUT2D eigenvalue weighted by molar-refractivity contribution is 0.102. The van der Waals surface area contributed by atoms with Crippen molar-refractivity contribution in [2.75, 3.05) is 17.7 Å². The number of hydrogen-bond acceptors (Lipinski definition) is 3. The van der Waals surface area contributed by atoms with Crippen LogP contribution in [0, 0.1) is 5.82 Å². The number of nitrogen functional groups attached to an aromatic ring is 1. The molecule has 2 aromatic carbocycles. The van der Waals surface area contributed by atoms with Crippen LogP contribution in [0.4, 0.5) is 15.8 Å². The molecule has 0 aliphatic heterocycles. The normalized spacial score (nSPS) is 10.2. The number of carbonyl (C=O) groups is 1. The van der Waals surface area contributed by atoms with Gasteiger partial charge in [-0.3, -0.25) is 4.79 Å². The summed E-state index contributed by atoms with van der Waals surface area (Å²) in [6.45, 7) is 2.33. The van der Waals surface area contributed by atoms with Gasteiger partial charge < -0.3 is 15.8 Å². The highest BCUT2D eigenvalue weighted by Gasteiger charge is 2.11. The van der Waals surface area contributed by atoms with Gasteiger partial charge in [-0.05, 0) is 53.2 Å². The topological polar surface area (TPSA) is 64.3 Å². The number of ether oxygens (including phenoxy) is 1. The fourth-order valence-corrected chi connectivity index (χ4v) is 2.24. The molecule has 0 atom stereocenters. The summed E-state index contributed by atoms with van der Waals surface area (Å²) in [7, 11) is 0. The van der Waals surface area contributed by atoms with E-state index in [0.29, 0.717) is 33.8 Å². The largest absolute Gasteiger partial charge is 0.494 e. The minimum Gasteiger partial charge on any atom is -0.494 e. The van der Waals surface area contributed by atoms with Gasteiger partial charge in [0.05, 0.1) is 12.3 Å². The molecule has 0 fully saturated rings. The summed E-state index contributed by atoms with van der Waals surface area (Å²) in [4.78, 5) is 12.2. The van der Waals surface area contributed by atoms with Crippen LogP contribution < -0.4 is 15.8 Å². The van der Waals surface area contributed by atoms with Crippen LogP contribution in [0.15, 0.2) is 40.9 Å². The molecule has 0 unspecified atom stereocenters. The zero-order valence-corrected chi connectivity index (χ0v) is 12.9. The second-order valence-electron chi connectivity index (χ2n) is 4.30. The predicted molar refractivity (Wildman–Crippen MR) is 84.1 cm³/mol. The second-order valence-corrected chi connectivity index (χ2v) is 5.16. The Morgan fingerprint density at radius 3 is 2.76 bits per heavy atom. The van der Waals surface area contributed by atoms with Crippen molar-refractivity contribution in [3.63, 3.8) is 0 Å². The van der Waals surface area contributed by atoms with E-state index >= 15 is 0 Å². The van der Waals surface area contributed by atoms with Crippen molar-refractivity contribution in [2.45, 2.75) is 6.92 Å². The summed E-state index contributed by atoms with van der Waals surface area (Å²) >= 11 is 3.20. The summed E-state index contributed by atoms with van der Waals surface area (Å²) in [5, 5.41) is 2.69. The van der Waals surface area contributed by atoms with Gasteiger partial charge >= 0.3 is 0 Å². The summed E-state index contributed by atoms with van der Waals surface area (Å²) in [5.41, 5.74) is 7.03. The molecule has 1 amide bonds. The van der Waals surface area contributed by atoms with E-state index in [0.717, 1.165) is 0 Å². The maximum Gasteiger partial charge on any atom is 0.255 e. The predicted octanol–water partition coefficient (Wildman–Crippen LogP) is 3.82. The molecule has 2 rings (SSSR count). The van der Waals surface area contributed by atoms with Gasteiger partial charge in [-0.1, -0.05) is 0 Å². The summed E-state index contributed by atoms with van der Waals surface area (Å²) in [6, 6.07) is 8.83. The van der Waals surface area contributed by atoms with Crippen molar-refractivity contribution in [1.29, 1.82) is 0 Å². The van der Waals surface area contributed by atoms with Crippen LogP contribution in [0.2, 0.25) is 0 Å². The molecular formula is C15H14BrFN2O2. The van der Waals surface area contributed by atoms with Crippen molar-refractivity contribution in [1.82, 2.24) is 0 Å². The maximum atomic E-state index is 13.0. The summed E-state index contributed by atoms with van der Waals surface area (Å²) in [6.07, 6.45) is 0. The molecule has 0 aromatic heterocycles. The second kappa shape index (κ2) is 6.58. The van der Waals surface area contributed by atoms with Crippen LogP contribution in [0.1, 0.15) is 17.3 Å². The smallest absolute Gasteiger partial charge is 0.255 e. The number of halogens is 2. The Morgan fingerprint density at radius 2 is 2.10 bits per heavy atom. The first-order chi connectivity index (χ1) is 9.99. The lowest BCUT2D eigenvalue weighted by atomic mass is 10.1. The molecule has 0 spiro atoms. The number of benzene rings is 2. The fraction of sp³-hybridized carbons (Fsp3) is 0.133. The van der Waals surface area contributed by atoms with Crippen molar-refractivity contribution in [3.8, 4) is 5.75 Å². The lowest BCUT2D eigenvalue weighted by Crippen LogP contribution is -2.13. The van der Waals surface area contributed by atoms with E-state index in [-0.39, 0.29) is 11.7 Å². The average Bonchev–Trinajstić information content (AvgIpc) is 2.41. The number of anilines is 2. The molecular weight excluding hydrogens is 339 g/mol. The molecule has 3 N–H and O–H groups in total. The van der Waals surface area contributed by atoms with Gasteiger partial charge in [0.2, 0.25) is 0 Å². The first-order valence-electron chi connectivity index (χ1n) is 6.29. The van der Waals surface area contributed by atoms with Gasteiger partial charge in [0.15, 0.2) is 0 Å². The van der Waals surface area contributed by atoms with Gasteiger partial charge in [0.1, 0.15) is 11.6 Å². The molecule has 0 bridgehead atoms. The molecule has 0 saturated carbocycles. The van der Waals surface area contributed by atoms with Crippen molar-refractivity contribution in [3.05, 3.63) is 52.3 Å². The van der Waals surface area contributed by atoms with E-state index in [9.17, 15) is 9.18 Å². The molecule has 0 aliphatic carbocycles. The summed E-state index contributed by atoms with van der Waals surface area (Å²) < 4.78 is 18.8. The van der Waals surface area contributed by atoms with E-state index in [4.69, 9.17) is 10.5 Å². The minimum absolute atomic E-state index is 0.351. The number of nitrogens with two attached hydrogens (primary N) is 1. The van der Waals surface area contributed by atoms with Gasteiger partial charge in [-0.25, -0.2) is 4.39 Å². The minimum atomic E-state index is -0.387. The lowest BCUT2D eigenvalue weighted by Gasteiger charge is -2.10. The third-order valence-corrected chi connectivity index (χ3v) is 3.34. The van der Waals surface area contributed by atoms with Crippen LogP contribution in [0.25, 0.3) is 0 Å². The third kappa shape index (κ3) is 3.95. The number of hydrogen-bond donors (Lipinski definition) is 2. The SMILES string of the molecule is CCOc1cc(N)cc(C(=O)Nc2ccc(F)cc2Br)c1. The quantitative estimate of drug-likeness (QED) is 0.822. The highest BCUT2D eigenvalue weighted by atomic mass is 79.9.